The Morgan fingerprint density at radius 2 is 1.67 bits per heavy atom. The quantitative estimate of drug-likeness (QED) is 0.889. The van der Waals surface area contributed by atoms with E-state index in [0.29, 0.717) is 5.92 Å². The zero-order valence-electron chi connectivity index (χ0n) is 11.1. The third kappa shape index (κ3) is 1.69. The molecule has 3 heteroatoms. The lowest BCUT2D eigenvalue weighted by molar-refractivity contribution is 0.369. The van der Waals surface area contributed by atoms with Gasteiger partial charge < -0.3 is 15.2 Å². The summed E-state index contributed by atoms with van der Waals surface area (Å²) in [4.78, 5) is 0. The molecule has 0 saturated heterocycles. The summed E-state index contributed by atoms with van der Waals surface area (Å²) in [5, 5.41) is 0. The fraction of sp³-hybridized carbons (Fsp3) is 0.600. The van der Waals surface area contributed by atoms with Gasteiger partial charge in [0.25, 0.3) is 0 Å². The summed E-state index contributed by atoms with van der Waals surface area (Å²) in [5.41, 5.74) is 7.53. The highest BCUT2D eigenvalue weighted by Gasteiger charge is 2.55. The van der Waals surface area contributed by atoms with E-state index < -0.39 is 0 Å². The molecular formula is C15H21NO2. The summed E-state index contributed by atoms with van der Waals surface area (Å²) in [6.45, 7) is 0. The van der Waals surface area contributed by atoms with Gasteiger partial charge in [0, 0.05) is 6.04 Å². The number of methoxy groups -OCH3 is 2. The van der Waals surface area contributed by atoms with Crippen LogP contribution in [0.4, 0.5) is 0 Å². The lowest BCUT2D eigenvalue weighted by Crippen LogP contribution is -2.17. The molecule has 0 aromatic heterocycles. The van der Waals surface area contributed by atoms with Gasteiger partial charge in [-0.25, -0.2) is 0 Å². The fourth-order valence-corrected chi connectivity index (χ4v) is 3.81. The van der Waals surface area contributed by atoms with Gasteiger partial charge in [-0.3, -0.25) is 0 Å². The first-order chi connectivity index (χ1) is 8.77. The third-order valence-electron chi connectivity index (χ3n) is 4.69. The smallest absolute Gasteiger partial charge is 0.127 e. The summed E-state index contributed by atoms with van der Waals surface area (Å²) in [5.74, 6) is 4.02. The largest absolute Gasteiger partial charge is 0.496 e. The van der Waals surface area contributed by atoms with Crippen molar-refractivity contribution in [2.75, 3.05) is 14.2 Å². The van der Waals surface area contributed by atoms with Crippen LogP contribution < -0.4 is 15.2 Å². The number of fused-ring (bicyclic) bond motifs is 1. The summed E-state index contributed by atoms with van der Waals surface area (Å²) < 4.78 is 10.9. The van der Waals surface area contributed by atoms with E-state index in [4.69, 9.17) is 15.2 Å². The Hall–Kier alpha value is -1.22. The maximum Gasteiger partial charge on any atom is 0.127 e. The van der Waals surface area contributed by atoms with Crippen LogP contribution >= 0.6 is 0 Å². The topological polar surface area (TPSA) is 44.5 Å². The molecule has 2 aliphatic rings. The van der Waals surface area contributed by atoms with Crippen molar-refractivity contribution in [2.45, 2.75) is 25.3 Å². The Kier molecular flexibility index (Phi) is 2.94. The number of ether oxygens (including phenoxy) is 2. The normalized spacial score (nSPS) is 30.7. The van der Waals surface area contributed by atoms with Crippen LogP contribution in [-0.2, 0) is 0 Å². The zero-order valence-corrected chi connectivity index (χ0v) is 11.1. The molecule has 2 aliphatic carbocycles. The standard InChI is InChI=1S/C15H21NO2/c1-17-11-7-4-8-12(18-2)14(11)15(16)13-9-5-3-6-10(9)13/h4,7-10,13,15H,3,5-6,16H2,1-2H3. The predicted molar refractivity (Wildman–Crippen MR) is 70.8 cm³/mol. The predicted octanol–water partition coefficient (Wildman–Crippen LogP) is 2.75. The molecule has 0 amide bonds. The van der Waals surface area contributed by atoms with Crippen molar-refractivity contribution in [3.63, 3.8) is 0 Å². The molecular weight excluding hydrogens is 226 g/mol. The van der Waals surface area contributed by atoms with Crippen LogP contribution in [0.25, 0.3) is 0 Å². The van der Waals surface area contributed by atoms with Crippen molar-refractivity contribution >= 4 is 0 Å². The molecule has 0 radical (unpaired) electrons. The van der Waals surface area contributed by atoms with E-state index in [1.807, 2.05) is 18.2 Å². The molecule has 2 fully saturated rings. The number of hydrogen-bond donors (Lipinski definition) is 1. The van der Waals surface area contributed by atoms with Gasteiger partial charge in [0.1, 0.15) is 11.5 Å². The van der Waals surface area contributed by atoms with Crippen molar-refractivity contribution in [3.05, 3.63) is 23.8 Å². The molecule has 3 unspecified atom stereocenters. The van der Waals surface area contributed by atoms with Crippen LogP contribution in [0.1, 0.15) is 30.9 Å². The van der Waals surface area contributed by atoms with Crippen molar-refractivity contribution in [2.24, 2.45) is 23.5 Å². The van der Waals surface area contributed by atoms with Crippen LogP contribution in [0, 0.1) is 17.8 Å². The lowest BCUT2D eigenvalue weighted by Gasteiger charge is -2.20. The molecule has 1 aromatic carbocycles. The second-order valence-electron chi connectivity index (χ2n) is 5.44. The van der Waals surface area contributed by atoms with Gasteiger partial charge in [-0.15, -0.1) is 0 Å². The minimum absolute atomic E-state index is 0.0476. The lowest BCUT2D eigenvalue weighted by atomic mass is 9.96. The molecule has 3 rings (SSSR count). The number of rotatable bonds is 4. The van der Waals surface area contributed by atoms with Crippen molar-refractivity contribution < 1.29 is 9.47 Å². The van der Waals surface area contributed by atoms with E-state index in [1.54, 1.807) is 14.2 Å². The molecule has 1 aromatic rings. The molecule has 0 bridgehead atoms. The Morgan fingerprint density at radius 1 is 1.11 bits per heavy atom. The highest BCUT2D eigenvalue weighted by atomic mass is 16.5. The van der Waals surface area contributed by atoms with Crippen LogP contribution in [0.2, 0.25) is 0 Å². The van der Waals surface area contributed by atoms with Gasteiger partial charge in [-0.05, 0) is 42.7 Å². The maximum atomic E-state index is 6.48. The molecule has 3 atom stereocenters. The van der Waals surface area contributed by atoms with E-state index in [2.05, 4.69) is 0 Å². The first kappa shape index (κ1) is 11.8. The first-order valence-electron chi connectivity index (χ1n) is 6.74. The van der Waals surface area contributed by atoms with Gasteiger partial charge >= 0.3 is 0 Å². The third-order valence-corrected chi connectivity index (χ3v) is 4.69. The van der Waals surface area contributed by atoms with E-state index in [1.165, 1.54) is 19.3 Å². The molecule has 98 valence electrons. The fourth-order valence-electron chi connectivity index (χ4n) is 3.81. The minimum Gasteiger partial charge on any atom is -0.496 e. The van der Waals surface area contributed by atoms with Crippen LogP contribution in [0.3, 0.4) is 0 Å². The highest BCUT2D eigenvalue weighted by molar-refractivity contribution is 5.48. The first-order valence-corrected chi connectivity index (χ1v) is 6.74. The summed E-state index contributed by atoms with van der Waals surface area (Å²) >= 11 is 0. The molecule has 2 N–H and O–H groups in total. The number of nitrogens with two attached hydrogens (primary N) is 1. The highest BCUT2D eigenvalue weighted by Crippen LogP contribution is 2.62. The second kappa shape index (κ2) is 4.47. The van der Waals surface area contributed by atoms with Gasteiger partial charge in [0.15, 0.2) is 0 Å². The number of hydrogen-bond acceptors (Lipinski definition) is 3. The van der Waals surface area contributed by atoms with E-state index >= 15 is 0 Å². The van der Waals surface area contributed by atoms with E-state index in [-0.39, 0.29) is 6.04 Å². The average Bonchev–Trinajstić information content (AvgIpc) is 2.89. The van der Waals surface area contributed by atoms with Gasteiger partial charge in [-0.1, -0.05) is 12.5 Å². The summed E-state index contributed by atoms with van der Waals surface area (Å²) in [6.07, 6.45) is 4.07. The Labute approximate surface area is 108 Å². The van der Waals surface area contributed by atoms with Crippen LogP contribution in [-0.4, -0.2) is 14.2 Å². The molecule has 2 saturated carbocycles. The van der Waals surface area contributed by atoms with Gasteiger partial charge in [0.05, 0.1) is 19.8 Å². The van der Waals surface area contributed by atoms with Crippen molar-refractivity contribution in [3.8, 4) is 11.5 Å². The Balaban J connectivity index is 1.90. The molecule has 3 nitrogen and oxygen atoms in total. The monoisotopic (exact) mass is 247 g/mol. The Morgan fingerprint density at radius 3 is 2.17 bits per heavy atom. The van der Waals surface area contributed by atoms with Gasteiger partial charge in [0.2, 0.25) is 0 Å². The maximum absolute atomic E-state index is 6.48. The SMILES string of the molecule is COc1cccc(OC)c1C(N)C1C2CCCC21. The van der Waals surface area contributed by atoms with Gasteiger partial charge in [-0.2, -0.15) is 0 Å². The molecule has 18 heavy (non-hydrogen) atoms. The average molecular weight is 247 g/mol. The molecule has 0 spiro atoms. The van der Waals surface area contributed by atoms with Crippen LogP contribution in [0.15, 0.2) is 18.2 Å². The molecule has 0 aliphatic heterocycles. The van der Waals surface area contributed by atoms with E-state index in [9.17, 15) is 0 Å². The Bertz CT molecular complexity index is 414. The number of benzene rings is 1. The van der Waals surface area contributed by atoms with Crippen molar-refractivity contribution in [1.82, 2.24) is 0 Å². The summed E-state index contributed by atoms with van der Waals surface area (Å²) in [6, 6.07) is 5.93. The minimum atomic E-state index is 0.0476. The van der Waals surface area contributed by atoms with E-state index in [0.717, 1.165) is 28.9 Å². The van der Waals surface area contributed by atoms with Crippen LogP contribution in [0.5, 0.6) is 11.5 Å². The zero-order chi connectivity index (χ0) is 12.7. The second-order valence-corrected chi connectivity index (χ2v) is 5.44. The summed E-state index contributed by atoms with van der Waals surface area (Å²) in [7, 11) is 3.39. The molecule has 0 heterocycles. The van der Waals surface area contributed by atoms with Crippen molar-refractivity contribution in [1.29, 1.82) is 0 Å².